The molecule has 0 unspecified atom stereocenters. The Balaban J connectivity index is 2.86. The zero-order chi connectivity index (χ0) is 6.69. The fourth-order valence-corrected chi connectivity index (χ4v) is 0.464. The highest BCUT2D eigenvalue weighted by atomic mass is 16.5. The number of rotatable bonds is 2. The molecule has 1 aromatic rings. The van der Waals surface area contributed by atoms with E-state index in [9.17, 15) is 0 Å². The predicted octanol–water partition coefficient (Wildman–Crippen LogP) is 1.33. The highest BCUT2D eigenvalue weighted by Crippen LogP contribution is 2.10. The van der Waals surface area contributed by atoms with Gasteiger partial charge in [-0.1, -0.05) is 6.58 Å². The summed E-state index contributed by atoms with van der Waals surface area (Å²) >= 11 is 0. The van der Waals surface area contributed by atoms with Crippen LogP contribution in [0.3, 0.4) is 0 Å². The molecule has 0 aliphatic rings. The molecule has 0 amide bonds. The summed E-state index contributed by atoms with van der Waals surface area (Å²) in [6, 6.07) is 1.66. The summed E-state index contributed by atoms with van der Waals surface area (Å²) in [7, 11) is 1.53. The number of nitrogens with zero attached hydrogens (tertiary/aromatic N) is 1. The van der Waals surface area contributed by atoms with Crippen LogP contribution in [-0.4, -0.2) is 12.3 Å². The second kappa shape index (κ2) is 2.35. The molecule has 3 heteroatoms. The standard InChI is InChI=1S/C6H7NO2/c1-3-5-4-6(8-2)7-9-5/h3-4H,1H2,2H3. The van der Waals surface area contributed by atoms with Crippen LogP contribution < -0.4 is 4.74 Å². The Hall–Kier alpha value is -1.25. The van der Waals surface area contributed by atoms with Crippen molar-refractivity contribution < 1.29 is 9.26 Å². The number of hydrogen-bond acceptors (Lipinski definition) is 3. The first-order chi connectivity index (χ1) is 4.36. The van der Waals surface area contributed by atoms with E-state index in [1.54, 1.807) is 12.1 Å². The summed E-state index contributed by atoms with van der Waals surface area (Å²) in [4.78, 5) is 0. The predicted molar refractivity (Wildman–Crippen MR) is 33.1 cm³/mol. The zero-order valence-electron chi connectivity index (χ0n) is 5.13. The van der Waals surface area contributed by atoms with Crippen LogP contribution in [0.2, 0.25) is 0 Å². The quantitative estimate of drug-likeness (QED) is 0.598. The van der Waals surface area contributed by atoms with Gasteiger partial charge >= 0.3 is 0 Å². The molecule has 0 atom stereocenters. The van der Waals surface area contributed by atoms with E-state index in [2.05, 4.69) is 11.7 Å². The van der Waals surface area contributed by atoms with Crippen LogP contribution in [0.4, 0.5) is 0 Å². The van der Waals surface area contributed by atoms with E-state index in [1.807, 2.05) is 0 Å². The van der Waals surface area contributed by atoms with Crippen molar-refractivity contribution in [1.29, 1.82) is 0 Å². The molecule has 0 spiro atoms. The van der Waals surface area contributed by atoms with E-state index >= 15 is 0 Å². The van der Waals surface area contributed by atoms with Crippen molar-refractivity contribution in [3.05, 3.63) is 18.4 Å². The Morgan fingerprint density at radius 3 is 3.00 bits per heavy atom. The monoisotopic (exact) mass is 125 g/mol. The first-order valence-electron chi connectivity index (χ1n) is 2.50. The Bertz CT molecular complexity index is 205. The SMILES string of the molecule is C=Cc1cc(OC)no1. The fraction of sp³-hybridized carbons (Fsp3) is 0.167. The highest BCUT2D eigenvalue weighted by molar-refractivity contribution is 5.40. The van der Waals surface area contributed by atoms with Crippen LogP contribution in [0.5, 0.6) is 5.88 Å². The lowest BCUT2D eigenvalue weighted by Gasteiger charge is -1.83. The Morgan fingerprint density at radius 1 is 1.89 bits per heavy atom. The van der Waals surface area contributed by atoms with E-state index in [0.717, 1.165) is 0 Å². The van der Waals surface area contributed by atoms with E-state index in [4.69, 9.17) is 9.26 Å². The maximum absolute atomic E-state index is 4.74. The molecule has 1 rings (SSSR count). The molecule has 0 saturated carbocycles. The van der Waals surface area contributed by atoms with Crippen LogP contribution in [0.25, 0.3) is 6.08 Å². The van der Waals surface area contributed by atoms with E-state index in [1.165, 1.54) is 7.11 Å². The van der Waals surface area contributed by atoms with Gasteiger partial charge < -0.3 is 9.26 Å². The molecular formula is C6H7NO2. The number of methoxy groups -OCH3 is 1. The third-order valence-corrected chi connectivity index (χ3v) is 0.917. The lowest BCUT2D eigenvalue weighted by Crippen LogP contribution is -1.78. The largest absolute Gasteiger partial charge is 0.479 e. The average molecular weight is 125 g/mol. The van der Waals surface area contributed by atoms with Crippen molar-refractivity contribution in [1.82, 2.24) is 5.16 Å². The molecule has 1 aromatic heterocycles. The summed E-state index contributed by atoms with van der Waals surface area (Å²) in [5, 5.41) is 3.54. The topological polar surface area (TPSA) is 35.3 Å². The maximum Gasteiger partial charge on any atom is 0.254 e. The van der Waals surface area contributed by atoms with Crippen molar-refractivity contribution >= 4 is 6.08 Å². The van der Waals surface area contributed by atoms with E-state index in [0.29, 0.717) is 11.6 Å². The van der Waals surface area contributed by atoms with Crippen molar-refractivity contribution in [2.75, 3.05) is 7.11 Å². The molecule has 0 saturated heterocycles. The van der Waals surface area contributed by atoms with Crippen molar-refractivity contribution in [2.45, 2.75) is 0 Å². The third kappa shape index (κ3) is 1.10. The van der Waals surface area contributed by atoms with Crippen molar-refractivity contribution in [3.63, 3.8) is 0 Å². The molecule has 0 radical (unpaired) electrons. The van der Waals surface area contributed by atoms with Gasteiger partial charge in [-0.05, 0) is 11.2 Å². The summed E-state index contributed by atoms with van der Waals surface area (Å²) < 4.78 is 9.46. The highest BCUT2D eigenvalue weighted by Gasteiger charge is 1.96. The van der Waals surface area contributed by atoms with Gasteiger partial charge in [0.1, 0.15) is 0 Å². The van der Waals surface area contributed by atoms with Gasteiger partial charge in [0.2, 0.25) is 0 Å². The van der Waals surface area contributed by atoms with Crippen LogP contribution in [-0.2, 0) is 0 Å². The van der Waals surface area contributed by atoms with Crippen LogP contribution in [0.1, 0.15) is 5.76 Å². The van der Waals surface area contributed by atoms with Gasteiger partial charge in [0.15, 0.2) is 5.76 Å². The van der Waals surface area contributed by atoms with Crippen LogP contribution in [0.15, 0.2) is 17.2 Å². The van der Waals surface area contributed by atoms with E-state index in [-0.39, 0.29) is 0 Å². The van der Waals surface area contributed by atoms with Crippen molar-refractivity contribution in [3.8, 4) is 5.88 Å². The zero-order valence-corrected chi connectivity index (χ0v) is 5.13. The van der Waals surface area contributed by atoms with Gasteiger partial charge in [-0.3, -0.25) is 0 Å². The fourth-order valence-electron chi connectivity index (χ4n) is 0.464. The third-order valence-electron chi connectivity index (χ3n) is 0.917. The van der Waals surface area contributed by atoms with Gasteiger partial charge in [0.05, 0.1) is 7.11 Å². The van der Waals surface area contributed by atoms with Gasteiger partial charge in [-0.25, -0.2) is 0 Å². The molecule has 1 heterocycles. The van der Waals surface area contributed by atoms with E-state index < -0.39 is 0 Å². The number of hydrogen-bond donors (Lipinski definition) is 0. The minimum Gasteiger partial charge on any atom is -0.479 e. The first-order valence-corrected chi connectivity index (χ1v) is 2.50. The molecule has 48 valence electrons. The Kier molecular flexibility index (Phi) is 1.53. The lowest BCUT2D eigenvalue weighted by atomic mass is 10.4. The van der Waals surface area contributed by atoms with Crippen LogP contribution in [0, 0.1) is 0 Å². The van der Waals surface area contributed by atoms with Gasteiger partial charge in [-0.2, -0.15) is 0 Å². The lowest BCUT2D eigenvalue weighted by molar-refractivity contribution is 0.337. The minimum absolute atomic E-state index is 0.477. The second-order valence-corrected chi connectivity index (χ2v) is 1.48. The molecule has 0 aliphatic heterocycles. The molecule has 0 aromatic carbocycles. The van der Waals surface area contributed by atoms with Gasteiger partial charge in [-0.15, -0.1) is 0 Å². The molecule has 0 aliphatic carbocycles. The molecular weight excluding hydrogens is 118 g/mol. The average Bonchev–Trinajstić information content (AvgIpc) is 2.34. The van der Waals surface area contributed by atoms with Gasteiger partial charge in [0, 0.05) is 6.07 Å². The minimum atomic E-state index is 0.477. The van der Waals surface area contributed by atoms with Crippen molar-refractivity contribution in [2.24, 2.45) is 0 Å². The maximum atomic E-state index is 4.74. The first kappa shape index (κ1) is 5.88. The summed E-state index contributed by atoms with van der Waals surface area (Å²) in [5.41, 5.74) is 0. The molecule has 9 heavy (non-hydrogen) atoms. The second-order valence-electron chi connectivity index (χ2n) is 1.48. The smallest absolute Gasteiger partial charge is 0.254 e. The molecule has 0 fully saturated rings. The molecule has 0 N–H and O–H groups in total. The normalized spacial score (nSPS) is 9.00. The number of aromatic nitrogens is 1. The summed E-state index contributed by atoms with van der Waals surface area (Å²) in [5.74, 6) is 1.09. The molecule has 3 nitrogen and oxygen atoms in total. The summed E-state index contributed by atoms with van der Waals surface area (Å²) in [6.45, 7) is 3.49. The van der Waals surface area contributed by atoms with Gasteiger partial charge in [0.25, 0.3) is 5.88 Å². The summed E-state index contributed by atoms with van der Waals surface area (Å²) in [6.07, 6.45) is 1.56. The Labute approximate surface area is 52.9 Å². The Morgan fingerprint density at radius 2 is 2.67 bits per heavy atom. The van der Waals surface area contributed by atoms with Crippen LogP contribution >= 0.6 is 0 Å². The number of ether oxygens (including phenoxy) is 1. The molecule has 0 bridgehead atoms.